The van der Waals surface area contributed by atoms with Crippen LogP contribution in [0.25, 0.3) is 0 Å². The Bertz CT molecular complexity index is 392. The largest absolute Gasteiger partial charge is 0.394 e. The van der Waals surface area contributed by atoms with Gasteiger partial charge in [-0.05, 0) is 0 Å². The summed E-state index contributed by atoms with van der Waals surface area (Å²) in [7, 11) is 1.24. The van der Waals surface area contributed by atoms with Gasteiger partial charge in [-0.2, -0.15) is 0 Å². The van der Waals surface area contributed by atoms with E-state index in [1.165, 1.54) is 7.11 Å². The van der Waals surface area contributed by atoms with Crippen LogP contribution in [0.3, 0.4) is 0 Å². The van der Waals surface area contributed by atoms with Gasteiger partial charge in [0.1, 0.15) is 48.8 Å². The van der Waals surface area contributed by atoms with E-state index < -0.39 is 74.6 Å². The van der Waals surface area contributed by atoms with E-state index in [2.05, 4.69) is 0 Å². The molecule has 0 aromatic carbocycles. The normalized spacial score (nSPS) is 50.0. The molecule has 0 aliphatic carbocycles. The van der Waals surface area contributed by atoms with Crippen molar-refractivity contribution < 1.29 is 54.7 Å². The van der Waals surface area contributed by atoms with Crippen molar-refractivity contribution in [3.05, 3.63) is 0 Å². The van der Waals surface area contributed by atoms with E-state index in [-0.39, 0.29) is 0 Å². The average molecular weight is 356 g/mol. The second-order valence-electron chi connectivity index (χ2n) is 5.74. The van der Waals surface area contributed by atoms with Crippen molar-refractivity contribution in [3.63, 3.8) is 0 Å². The van der Waals surface area contributed by atoms with E-state index in [1.54, 1.807) is 0 Å². The smallest absolute Gasteiger partial charge is 0.187 e. The summed E-state index contributed by atoms with van der Waals surface area (Å²) in [5, 5.41) is 68.0. The fraction of sp³-hybridized carbons (Fsp3) is 1.00. The third kappa shape index (κ3) is 3.71. The lowest BCUT2D eigenvalue weighted by molar-refractivity contribution is -0.357. The van der Waals surface area contributed by atoms with Gasteiger partial charge in [0.05, 0.1) is 13.2 Å². The van der Waals surface area contributed by atoms with Crippen molar-refractivity contribution in [2.45, 2.75) is 61.4 Å². The van der Waals surface area contributed by atoms with Crippen molar-refractivity contribution in [2.75, 3.05) is 20.3 Å². The summed E-state index contributed by atoms with van der Waals surface area (Å²) >= 11 is 0. The highest BCUT2D eigenvalue weighted by Crippen LogP contribution is 2.29. The second kappa shape index (κ2) is 8.29. The van der Waals surface area contributed by atoms with E-state index in [0.717, 1.165) is 0 Å². The number of hydrogen-bond donors (Lipinski definition) is 7. The van der Waals surface area contributed by atoms with Crippen molar-refractivity contribution >= 4 is 0 Å². The maximum Gasteiger partial charge on any atom is 0.187 e. The van der Waals surface area contributed by atoms with Crippen LogP contribution in [0.2, 0.25) is 0 Å². The summed E-state index contributed by atoms with van der Waals surface area (Å²) in [4.78, 5) is 0. The van der Waals surface area contributed by atoms with Crippen LogP contribution in [0.5, 0.6) is 0 Å². The molecule has 11 heteroatoms. The third-order valence-electron chi connectivity index (χ3n) is 4.19. The summed E-state index contributed by atoms with van der Waals surface area (Å²) in [6, 6.07) is 0. The minimum atomic E-state index is -1.69. The molecule has 0 amide bonds. The van der Waals surface area contributed by atoms with Crippen LogP contribution >= 0.6 is 0 Å². The van der Waals surface area contributed by atoms with Gasteiger partial charge >= 0.3 is 0 Å². The predicted molar refractivity (Wildman–Crippen MR) is 73.4 cm³/mol. The van der Waals surface area contributed by atoms with E-state index >= 15 is 0 Å². The highest BCUT2D eigenvalue weighted by atomic mass is 16.7. The molecule has 2 aliphatic rings. The Labute approximate surface area is 137 Å². The molecule has 142 valence electrons. The standard InChI is InChI=1S/C13H24O11/c1-21-12-10(20)8(18)11(5(3-15)23-12)24-13-9(19)7(17)6(16)4(2-14)22-13/h4-20H,2-3H2,1H3/t4?,5?,6-,7?,8-,9-,10?,11-,12+,13-/m1/s1. The van der Waals surface area contributed by atoms with Gasteiger partial charge in [-0.15, -0.1) is 0 Å². The molecule has 2 rings (SSSR count). The number of rotatable bonds is 5. The van der Waals surface area contributed by atoms with Crippen LogP contribution in [0.15, 0.2) is 0 Å². The molecule has 11 nitrogen and oxygen atoms in total. The predicted octanol–water partition coefficient (Wildman–Crippen LogP) is -4.74. The second-order valence-corrected chi connectivity index (χ2v) is 5.74. The fourth-order valence-corrected chi connectivity index (χ4v) is 2.75. The third-order valence-corrected chi connectivity index (χ3v) is 4.19. The van der Waals surface area contributed by atoms with E-state index in [0.29, 0.717) is 0 Å². The molecule has 2 fully saturated rings. The average Bonchev–Trinajstić information content (AvgIpc) is 2.59. The Morgan fingerprint density at radius 2 is 1.25 bits per heavy atom. The number of ether oxygens (including phenoxy) is 4. The first kappa shape index (κ1) is 19.9. The highest BCUT2D eigenvalue weighted by molar-refractivity contribution is 4.93. The maximum absolute atomic E-state index is 10.2. The summed E-state index contributed by atoms with van der Waals surface area (Å²) in [5.41, 5.74) is 0. The molecule has 0 aromatic heterocycles. The summed E-state index contributed by atoms with van der Waals surface area (Å²) in [6.45, 7) is -1.24. The Kier molecular flexibility index (Phi) is 6.87. The van der Waals surface area contributed by atoms with Crippen molar-refractivity contribution in [1.82, 2.24) is 0 Å². The zero-order chi connectivity index (χ0) is 18.0. The van der Waals surface area contributed by atoms with Gasteiger partial charge in [0, 0.05) is 7.11 Å². The molecule has 0 spiro atoms. The van der Waals surface area contributed by atoms with Gasteiger partial charge in [-0.25, -0.2) is 0 Å². The summed E-state index contributed by atoms with van der Waals surface area (Å²) in [5.74, 6) is 0. The van der Waals surface area contributed by atoms with Gasteiger partial charge in [0.25, 0.3) is 0 Å². The highest BCUT2D eigenvalue weighted by Gasteiger charge is 2.50. The zero-order valence-electron chi connectivity index (χ0n) is 13.0. The van der Waals surface area contributed by atoms with E-state index in [4.69, 9.17) is 24.1 Å². The van der Waals surface area contributed by atoms with Gasteiger partial charge in [0.2, 0.25) is 0 Å². The Morgan fingerprint density at radius 3 is 1.79 bits per heavy atom. The summed E-state index contributed by atoms with van der Waals surface area (Å²) < 4.78 is 20.6. The lowest BCUT2D eigenvalue weighted by Gasteiger charge is -2.45. The van der Waals surface area contributed by atoms with Crippen molar-refractivity contribution in [1.29, 1.82) is 0 Å². The topological polar surface area (TPSA) is 179 Å². The maximum atomic E-state index is 10.2. The molecule has 0 radical (unpaired) electrons. The first-order valence-electron chi connectivity index (χ1n) is 7.46. The Balaban J connectivity index is 2.12. The quantitative estimate of drug-likeness (QED) is 0.251. The molecule has 0 saturated carbocycles. The van der Waals surface area contributed by atoms with Crippen molar-refractivity contribution in [3.8, 4) is 0 Å². The SMILES string of the molecule is CO[C@H]1OC(CO)[C@@H](O[C@H]2OC(CO)[C@@H](O)C(O)[C@H]2O)[C@H](O)C1O. The lowest BCUT2D eigenvalue weighted by Crippen LogP contribution is -2.64. The first-order valence-corrected chi connectivity index (χ1v) is 7.46. The molecule has 0 aromatic rings. The molecule has 0 bridgehead atoms. The minimum Gasteiger partial charge on any atom is -0.394 e. The van der Waals surface area contributed by atoms with Gasteiger partial charge in [-0.3, -0.25) is 0 Å². The molecule has 2 heterocycles. The summed E-state index contributed by atoms with van der Waals surface area (Å²) in [6.07, 6.45) is -14.3. The molecule has 4 unspecified atom stereocenters. The molecule has 7 N–H and O–H groups in total. The number of hydrogen-bond acceptors (Lipinski definition) is 11. The molecular weight excluding hydrogens is 332 g/mol. The molecule has 10 atom stereocenters. The number of methoxy groups -OCH3 is 1. The number of aliphatic hydroxyl groups excluding tert-OH is 7. The number of aliphatic hydroxyl groups is 7. The van der Waals surface area contributed by atoms with Gasteiger partial charge < -0.3 is 54.7 Å². The first-order chi connectivity index (χ1) is 11.3. The van der Waals surface area contributed by atoms with Gasteiger partial charge in [0.15, 0.2) is 12.6 Å². The van der Waals surface area contributed by atoms with E-state index in [1.807, 2.05) is 0 Å². The molecule has 2 saturated heterocycles. The molecule has 2 aliphatic heterocycles. The van der Waals surface area contributed by atoms with Crippen LogP contribution in [-0.2, 0) is 18.9 Å². The van der Waals surface area contributed by atoms with Crippen molar-refractivity contribution in [2.24, 2.45) is 0 Å². The van der Waals surface area contributed by atoms with Crippen LogP contribution in [-0.4, -0.2) is 117 Å². The van der Waals surface area contributed by atoms with Crippen LogP contribution in [0.1, 0.15) is 0 Å². The Morgan fingerprint density at radius 1 is 0.708 bits per heavy atom. The molecular formula is C13H24O11. The van der Waals surface area contributed by atoms with E-state index in [9.17, 15) is 30.6 Å². The van der Waals surface area contributed by atoms with Crippen LogP contribution in [0.4, 0.5) is 0 Å². The fourth-order valence-electron chi connectivity index (χ4n) is 2.75. The lowest BCUT2D eigenvalue weighted by atomic mass is 9.97. The molecule has 24 heavy (non-hydrogen) atoms. The minimum absolute atomic E-state index is 0.592. The van der Waals surface area contributed by atoms with Crippen LogP contribution in [0, 0.1) is 0 Å². The monoisotopic (exact) mass is 356 g/mol. The Hall–Kier alpha value is -0.440. The van der Waals surface area contributed by atoms with Crippen LogP contribution < -0.4 is 0 Å². The zero-order valence-corrected chi connectivity index (χ0v) is 13.0. The van der Waals surface area contributed by atoms with Gasteiger partial charge in [-0.1, -0.05) is 0 Å².